The standard InChI is InChI=1S/C19H20FNO3S2/c1-2-21(16-11-12-26(23,24)13-16)19(22)10-8-17-7-9-18(25-17)14-3-5-15(20)6-4-14/h3-10,16H,2,11-13H2,1H3/b10-8+. The number of likely N-dealkylation sites (N-methyl/N-ethyl adjacent to an activating group) is 1. The smallest absolute Gasteiger partial charge is 0.246 e. The van der Waals surface area contributed by atoms with Gasteiger partial charge >= 0.3 is 0 Å². The number of halogens is 1. The Kier molecular flexibility index (Phi) is 5.58. The Bertz CT molecular complexity index is 917. The summed E-state index contributed by atoms with van der Waals surface area (Å²) in [7, 11) is -3.02. The molecule has 0 bridgehead atoms. The lowest BCUT2D eigenvalue weighted by molar-refractivity contribution is -0.127. The third kappa shape index (κ3) is 4.40. The van der Waals surface area contributed by atoms with E-state index in [4.69, 9.17) is 0 Å². The minimum Gasteiger partial charge on any atom is -0.335 e. The average molecular weight is 394 g/mol. The van der Waals surface area contributed by atoms with Crippen LogP contribution in [0.2, 0.25) is 0 Å². The predicted molar refractivity (Wildman–Crippen MR) is 103 cm³/mol. The van der Waals surface area contributed by atoms with Crippen LogP contribution in [-0.2, 0) is 14.6 Å². The van der Waals surface area contributed by atoms with Gasteiger partial charge < -0.3 is 4.90 Å². The molecule has 1 saturated heterocycles. The summed E-state index contributed by atoms with van der Waals surface area (Å²) in [6, 6.07) is 9.89. The van der Waals surface area contributed by atoms with E-state index in [1.165, 1.54) is 29.5 Å². The van der Waals surface area contributed by atoms with E-state index >= 15 is 0 Å². The molecule has 1 fully saturated rings. The van der Waals surface area contributed by atoms with Gasteiger partial charge in [0, 0.05) is 28.4 Å². The van der Waals surface area contributed by atoms with E-state index in [1.807, 2.05) is 19.1 Å². The van der Waals surface area contributed by atoms with Gasteiger partial charge in [-0.25, -0.2) is 12.8 Å². The fraction of sp³-hybridized carbons (Fsp3) is 0.316. The lowest BCUT2D eigenvalue weighted by Crippen LogP contribution is -2.39. The topological polar surface area (TPSA) is 54.5 Å². The van der Waals surface area contributed by atoms with Crippen LogP contribution in [0.4, 0.5) is 4.39 Å². The summed E-state index contributed by atoms with van der Waals surface area (Å²) < 4.78 is 36.3. The third-order valence-corrected chi connectivity index (χ3v) is 7.27. The maximum Gasteiger partial charge on any atom is 0.246 e. The van der Waals surface area contributed by atoms with Crippen molar-refractivity contribution in [2.75, 3.05) is 18.1 Å². The molecule has 0 N–H and O–H groups in total. The monoisotopic (exact) mass is 393 g/mol. The zero-order chi connectivity index (χ0) is 18.7. The van der Waals surface area contributed by atoms with Gasteiger partial charge in [0.25, 0.3) is 0 Å². The van der Waals surface area contributed by atoms with Gasteiger partial charge in [-0.3, -0.25) is 4.79 Å². The van der Waals surface area contributed by atoms with Crippen molar-refractivity contribution >= 4 is 33.2 Å². The fourth-order valence-corrected chi connectivity index (χ4v) is 5.72. The summed E-state index contributed by atoms with van der Waals surface area (Å²) in [5, 5.41) is 0. The highest BCUT2D eigenvalue weighted by atomic mass is 32.2. The quantitative estimate of drug-likeness (QED) is 0.730. The lowest BCUT2D eigenvalue weighted by Gasteiger charge is -2.25. The zero-order valence-corrected chi connectivity index (χ0v) is 16.0. The van der Waals surface area contributed by atoms with Gasteiger partial charge in [0.05, 0.1) is 11.5 Å². The van der Waals surface area contributed by atoms with Gasteiger partial charge in [0.1, 0.15) is 5.82 Å². The number of hydrogen-bond acceptors (Lipinski definition) is 4. The number of nitrogens with zero attached hydrogens (tertiary/aromatic N) is 1. The van der Waals surface area contributed by atoms with Crippen LogP contribution in [0.1, 0.15) is 18.2 Å². The largest absolute Gasteiger partial charge is 0.335 e. The molecule has 0 spiro atoms. The second-order valence-corrected chi connectivity index (χ2v) is 9.57. The minimum atomic E-state index is -3.02. The molecule has 26 heavy (non-hydrogen) atoms. The number of carbonyl (C=O) groups is 1. The minimum absolute atomic E-state index is 0.0497. The zero-order valence-electron chi connectivity index (χ0n) is 14.4. The van der Waals surface area contributed by atoms with Crippen molar-refractivity contribution in [2.24, 2.45) is 0 Å². The summed E-state index contributed by atoms with van der Waals surface area (Å²) in [5.41, 5.74) is 0.925. The van der Waals surface area contributed by atoms with Gasteiger partial charge in [-0.15, -0.1) is 11.3 Å². The molecule has 1 aromatic carbocycles. The number of benzene rings is 1. The highest BCUT2D eigenvalue weighted by molar-refractivity contribution is 7.91. The molecule has 1 aliphatic heterocycles. The second-order valence-electron chi connectivity index (χ2n) is 6.22. The molecule has 7 heteroatoms. The highest BCUT2D eigenvalue weighted by Gasteiger charge is 2.33. The Morgan fingerprint density at radius 3 is 2.62 bits per heavy atom. The Morgan fingerprint density at radius 2 is 2.00 bits per heavy atom. The summed E-state index contributed by atoms with van der Waals surface area (Å²) in [6.07, 6.45) is 3.74. The summed E-state index contributed by atoms with van der Waals surface area (Å²) in [4.78, 5) is 16.0. The van der Waals surface area contributed by atoms with E-state index in [9.17, 15) is 17.6 Å². The van der Waals surface area contributed by atoms with Gasteiger partial charge in [-0.1, -0.05) is 12.1 Å². The molecule has 0 radical (unpaired) electrons. The third-order valence-electron chi connectivity index (χ3n) is 4.42. The lowest BCUT2D eigenvalue weighted by atomic mass is 10.2. The second kappa shape index (κ2) is 7.72. The van der Waals surface area contributed by atoms with Gasteiger partial charge in [-0.05, 0) is 49.2 Å². The van der Waals surface area contributed by atoms with Crippen LogP contribution in [0.25, 0.3) is 16.5 Å². The highest BCUT2D eigenvalue weighted by Crippen LogP contribution is 2.29. The Hall–Kier alpha value is -1.99. The molecule has 1 aliphatic rings. The van der Waals surface area contributed by atoms with Crippen molar-refractivity contribution in [2.45, 2.75) is 19.4 Å². The van der Waals surface area contributed by atoms with Crippen molar-refractivity contribution in [1.82, 2.24) is 4.90 Å². The van der Waals surface area contributed by atoms with Crippen LogP contribution in [-0.4, -0.2) is 43.3 Å². The van der Waals surface area contributed by atoms with Crippen LogP contribution < -0.4 is 0 Å². The first-order valence-corrected chi connectivity index (χ1v) is 11.1. The van der Waals surface area contributed by atoms with Crippen LogP contribution in [0.3, 0.4) is 0 Å². The van der Waals surface area contributed by atoms with Gasteiger partial charge in [0.2, 0.25) is 5.91 Å². The molecule has 2 aromatic rings. The maximum absolute atomic E-state index is 13.0. The number of rotatable bonds is 5. The Morgan fingerprint density at radius 1 is 1.27 bits per heavy atom. The van der Waals surface area contributed by atoms with E-state index in [2.05, 4.69) is 0 Å². The molecular weight excluding hydrogens is 373 g/mol. The number of thiophene rings is 1. The molecule has 1 unspecified atom stereocenters. The van der Waals surface area contributed by atoms with Gasteiger partial charge in [0.15, 0.2) is 9.84 Å². The summed E-state index contributed by atoms with van der Waals surface area (Å²) in [5.74, 6) is -0.249. The van der Waals surface area contributed by atoms with Crippen molar-refractivity contribution in [1.29, 1.82) is 0 Å². The molecule has 1 aromatic heterocycles. The van der Waals surface area contributed by atoms with Crippen LogP contribution in [0.15, 0.2) is 42.5 Å². The number of sulfone groups is 1. The molecule has 3 rings (SSSR count). The number of carbonyl (C=O) groups excluding carboxylic acids is 1. The Labute approximate surface area is 156 Å². The predicted octanol–water partition coefficient (Wildman–Crippen LogP) is 3.60. The summed E-state index contributed by atoms with van der Waals surface area (Å²) in [6.45, 7) is 2.34. The molecule has 0 saturated carbocycles. The van der Waals surface area contributed by atoms with Crippen molar-refractivity contribution in [3.8, 4) is 10.4 Å². The molecule has 2 heterocycles. The molecular formula is C19H20FNO3S2. The van der Waals surface area contributed by atoms with Crippen LogP contribution >= 0.6 is 11.3 Å². The maximum atomic E-state index is 13.0. The van der Waals surface area contributed by atoms with E-state index in [0.717, 1.165) is 15.3 Å². The van der Waals surface area contributed by atoms with E-state index in [-0.39, 0.29) is 29.3 Å². The molecule has 1 atom stereocenters. The van der Waals surface area contributed by atoms with E-state index < -0.39 is 9.84 Å². The van der Waals surface area contributed by atoms with Crippen molar-refractivity contribution in [3.05, 3.63) is 53.2 Å². The molecule has 0 aliphatic carbocycles. The fourth-order valence-electron chi connectivity index (χ4n) is 3.08. The first-order chi connectivity index (χ1) is 12.4. The molecule has 1 amide bonds. The first-order valence-electron chi connectivity index (χ1n) is 8.43. The summed E-state index contributed by atoms with van der Waals surface area (Å²) >= 11 is 1.51. The van der Waals surface area contributed by atoms with Crippen LogP contribution in [0.5, 0.6) is 0 Å². The van der Waals surface area contributed by atoms with Crippen LogP contribution in [0, 0.1) is 5.82 Å². The molecule has 138 valence electrons. The Balaban J connectivity index is 1.69. The average Bonchev–Trinajstić information content (AvgIpc) is 3.21. The van der Waals surface area contributed by atoms with E-state index in [1.54, 1.807) is 23.1 Å². The normalized spacial score (nSPS) is 19.1. The van der Waals surface area contributed by atoms with Crippen molar-refractivity contribution < 1.29 is 17.6 Å². The van der Waals surface area contributed by atoms with Crippen molar-refractivity contribution in [3.63, 3.8) is 0 Å². The first kappa shape index (κ1) is 18.8. The number of hydrogen-bond donors (Lipinski definition) is 0. The SMILES string of the molecule is CCN(C(=O)/C=C/c1ccc(-c2ccc(F)cc2)s1)C1CCS(=O)(=O)C1. The van der Waals surface area contributed by atoms with E-state index in [0.29, 0.717) is 13.0 Å². The van der Waals surface area contributed by atoms with Gasteiger partial charge in [-0.2, -0.15) is 0 Å². The molecule has 4 nitrogen and oxygen atoms in total. The number of amides is 1.